The van der Waals surface area contributed by atoms with Crippen LogP contribution in [0, 0.1) is 11.2 Å². The number of carbonyl (C=O) groups excluding carboxylic acids is 1. The van der Waals surface area contributed by atoms with Gasteiger partial charge in [0.05, 0.1) is 12.0 Å². The standard InChI is InChI=1S/C30H30FN7OS/c31-24-11-20(19-3-5-22(6-4-19)38-16-30(17-38)14-32-15-30)10-21-12-37(13-23(21)24)27(28(39)35-29-33-7-9-40-29)26-25-2-1-8-36(25)18-34-26/h3-7,9-11,18,27,32H,1-2,8,12-17H2,(H,33,35,39). The fourth-order valence-corrected chi connectivity index (χ4v) is 7.34. The second kappa shape index (κ2) is 9.22. The van der Waals surface area contributed by atoms with Gasteiger partial charge in [-0.3, -0.25) is 9.69 Å². The lowest BCUT2D eigenvalue weighted by Crippen LogP contribution is -2.71. The average Bonchev–Trinajstić information content (AvgIpc) is 3.69. The van der Waals surface area contributed by atoms with Crippen molar-refractivity contribution in [2.75, 3.05) is 36.4 Å². The first kappa shape index (κ1) is 24.2. The molecule has 1 unspecified atom stereocenters. The molecule has 8 nitrogen and oxygen atoms in total. The fraction of sp³-hybridized carbons (Fsp3) is 0.367. The normalized spacial score (nSPS) is 19.7. The molecule has 4 aromatic rings. The van der Waals surface area contributed by atoms with Gasteiger partial charge in [0.2, 0.25) is 5.91 Å². The van der Waals surface area contributed by atoms with Gasteiger partial charge >= 0.3 is 0 Å². The smallest absolute Gasteiger partial charge is 0.249 e. The summed E-state index contributed by atoms with van der Waals surface area (Å²) in [6.07, 6.45) is 5.43. The summed E-state index contributed by atoms with van der Waals surface area (Å²) in [5, 5.41) is 8.74. The van der Waals surface area contributed by atoms with E-state index >= 15 is 4.39 Å². The molecule has 40 heavy (non-hydrogen) atoms. The molecule has 1 amide bonds. The van der Waals surface area contributed by atoms with Gasteiger partial charge < -0.3 is 20.1 Å². The maximum absolute atomic E-state index is 15.6. The number of imidazole rings is 1. The van der Waals surface area contributed by atoms with Crippen molar-refractivity contribution in [1.82, 2.24) is 24.8 Å². The van der Waals surface area contributed by atoms with Crippen molar-refractivity contribution >= 4 is 28.1 Å². The molecule has 8 rings (SSSR count). The zero-order valence-electron chi connectivity index (χ0n) is 22.1. The van der Waals surface area contributed by atoms with E-state index in [1.165, 1.54) is 17.0 Å². The molecule has 10 heteroatoms. The lowest BCUT2D eigenvalue weighted by molar-refractivity contribution is -0.122. The van der Waals surface area contributed by atoms with E-state index in [4.69, 9.17) is 0 Å². The van der Waals surface area contributed by atoms with E-state index in [9.17, 15) is 4.79 Å². The largest absolute Gasteiger partial charge is 0.370 e. The highest BCUT2D eigenvalue weighted by atomic mass is 32.1. The van der Waals surface area contributed by atoms with Crippen LogP contribution in [0.25, 0.3) is 11.1 Å². The van der Waals surface area contributed by atoms with Gasteiger partial charge in [-0.1, -0.05) is 12.1 Å². The highest BCUT2D eigenvalue weighted by Gasteiger charge is 2.47. The second-order valence-electron chi connectivity index (χ2n) is 11.6. The van der Waals surface area contributed by atoms with Gasteiger partial charge in [-0.25, -0.2) is 14.4 Å². The van der Waals surface area contributed by atoms with E-state index in [0.717, 1.165) is 73.6 Å². The molecule has 6 heterocycles. The number of anilines is 2. The number of amides is 1. The summed E-state index contributed by atoms with van der Waals surface area (Å²) >= 11 is 1.38. The van der Waals surface area contributed by atoms with E-state index in [0.29, 0.717) is 29.2 Å². The summed E-state index contributed by atoms with van der Waals surface area (Å²) in [5.41, 5.74) is 6.98. The van der Waals surface area contributed by atoms with E-state index in [-0.39, 0.29) is 11.7 Å². The Hall–Kier alpha value is -3.60. The predicted molar refractivity (Wildman–Crippen MR) is 153 cm³/mol. The quantitative estimate of drug-likeness (QED) is 0.372. The van der Waals surface area contributed by atoms with Gasteiger partial charge in [-0.2, -0.15) is 0 Å². The number of halogens is 1. The summed E-state index contributed by atoms with van der Waals surface area (Å²) in [7, 11) is 0. The molecule has 1 atom stereocenters. The number of nitrogens with one attached hydrogen (secondary N) is 2. The first-order chi connectivity index (χ1) is 19.6. The van der Waals surface area contributed by atoms with Crippen molar-refractivity contribution in [3.63, 3.8) is 0 Å². The van der Waals surface area contributed by atoms with E-state index in [1.807, 2.05) is 16.6 Å². The Morgan fingerprint density at radius 2 is 1.95 bits per heavy atom. The maximum atomic E-state index is 15.6. The van der Waals surface area contributed by atoms with Crippen molar-refractivity contribution in [2.45, 2.75) is 38.5 Å². The number of benzene rings is 2. The van der Waals surface area contributed by atoms with Crippen LogP contribution in [-0.4, -0.2) is 51.5 Å². The van der Waals surface area contributed by atoms with Crippen LogP contribution in [0.1, 0.15) is 35.0 Å². The molecular weight excluding hydrogens is 525 g/mol. The molecule has 2 fully saturated rings. The van der Waals surface area contributed by atoms with Crippen LogP contribution < -0.4 is 15.5 Å². The van der Waals surface area contributed by atoms with Crippen LogP contribution in [0.4, 0.5) is 15.2 Å². The molecule has 4 aliphatic heterocycles. The summed E-state index contributed by atoms with van der Waals surface area (Å²) in [5.74, 6) is -0.409. The minimum Gasteiger partial charge on any atom is -0.370 e. The minimum absolute atomic E-state index is 0.183. The average molecular weight is 556 g/mol. The Morgan fingerprint density at radius 1 is 1.10 bits per heavy atom. The summed E-state index contributed by atoms with van der Waals surface area (Å²) in [6.45, 7) is 6.17. The molecule has 4 aliphatic rings. The van der Waals surface area contributed by atoms with Gasteiger partial charge in [-0.15, -0.1) is 11.3 Å². The molecule has 2 aromatic heterocycles. The molecule has 1 spiro atoms. The van der Waals surface area contributed by atoms with Gasteiger partial charge in [0.1, 0.15) is 11.9 Å². The summed E-state index contributed by atoms with van der Waals surface area (Å²) < 4.78 is 17.7. The van der Waals surface area contributed by atoms with Gasteiger partial charge in [-0.05, 0) is 53.8 Å². The van der Waals surface area contributed by atoms with Crippen molar-refractivity contribution in [3.8, 4) is 11.1 Å². The number of aromatic nitrogens is 3. The molecular formula is C30H30FN7OS. The topological polar surface area (TPSA) is 78.3 Å². The van der Waals surface area contributed by atoms with Crippen LogP contribution >= 0.6 is 11.3 Å². The van der Waals surface area contributed by atoms with Gasteiger partial charge in [0, 0.05) is 79.7 Å². The van der Waals surface area contributed by atoms with E-state index in [2.05, 4.69) is 60.4 Å². The number of thiazole rings is 1. The Morgan fingerprint density at radius 3 is 2.70 bits per heavy atom. The van der Waals surface area contributed by atoms with Gasteiger partial charge in [0.25, 0.3) is 0 Å². The highest BCUT2D eigenvalue weighted by Crippen LogP contribution is 2.40. The first-order valence-corrected chi connectivity index (χ1v) is 14.8. The SMILES string of the molecule is O=C(Nc1nccs1)C(c1ncn2c1CCC2)N1Cc2cc(-c3ccc(N4CC5(CNC5)C4)cc3)cc(F)c2C1. The third kappa shape index (κ3) is 3.96. The summed E-state index contributed by atoms with van der Waals surface area (Å²) in [4.78, 5) is 27.0. The molecule has 0 radical (unpaired) electrons. The van der Waals surface area contributed by atoms with Crippen molar-refractivity contribution in [3.05, 3.63) is 82.6 Å². The molecule has 0 aliphatic carbocycles. The molecule has 2 N–H and O–H groups in total. The molecule has 0 saturated carbocycles. The Kier molecular flexibility index (Phi) is 5.58. The highest BCUT2D eigenvalue weighted by molar-refractivity contribution is 7.13. The monoisotopic (exact) mass is 555 g/mol. The van der Waals surface area contributed by atoms with E-state index < -0.39 is 6.04 Å². The third-order valence-electron chi connectivity index (χ3n) is 8.97. The number of aryl methyl sites for hydroxylation is 1. The number of rotatable bonds is 6. The van der Waals surface area contributed by atoms with Crippen molar-refractivity contribution < 1.29 is 9.18 Å². The number of hydrogen-bond acceptors (Lipinski definition) is 7. The minimum atomic E-state index is -0.626. The summed E-state index contributed by atoms with van der Waals surface area (Å²) in [6, 6.07) is 11.6. The Balaban J connectivity index is 1.06. The van der Waals surface area contributed by atoms with Gasteiger partial charge in [0.15, 0.2) is 5.13 Å². The van der Waals surface area contributed by atoms with E-state index in [1.54, 1.807) is 12.3 Å². The van der Waals surface area contributed by atoms with Crippen molar-refractivity contribution in [1.29, 1.82) is 0 Å². The molecule has 204 valence electrons. The number of fused-ring (bicyclic) bond motifs is 2. The fourth-order valence-electron chi connectivity index (χ4n) is 6.81. The van der Waals surface area contributed by atoms with Crippen molar-refractivity contribution in [2.24, 2.45) is 5.41 Å². The Bertz CT molecular complexity index is 1590. The van der Waals surface area contributed by atoms with Crippen LogP contribution in [0.3, 0.4) is 0 Å². The lowest BCUT2D eigenvalue weighted by atomic mass is 9.74. The lowest BCUT2D eigenvalue weighted by Gasteiger charge is -2.57. The molecule has 2 aromatic carbocycles. The van der Waals surface area contributed by atoms with Crippen LogP contribution in [0.2, 0.25) is 0 Å². The number of nitrogens with zero attached hydrogens (tertiary/aromatic N) is 5. The Labute approximate surface area is 235 Å². The number of hydrogen-bond donors (Lipinski definition) is 2. The van der Waals surface area contributed by atoms with Crippen LogP contribution in [0.15, 0.2) is 54.3 Å². The second-order valence-corrected chi connectivity index (χ2v) is 12.5. The third-order valence-corrected chi connectivity index (χ3v) is 9.66. The van der Waals surface area contributed by atoms with Crippen LogP contribution in [-0.2, 0) is 30.8 Å². The zero-order chi connectivity index (χ0) is 26.8. The van der Waals surface area contributed by atoms with Crippen LogP contribution in [0.5, 0.6) is 0 Å². The predicted octanol–water partition coefficient (Wildman–Crippen LogP) is 4.20. The number of carbonyl (C=O) groups is 1. The maximum Gasteiger partial charge on any atom is 0.249 e. The first-order valence-electron chi connectivity index (χ1n) is 13.9. The molecule has 0 bridgehead atoms. The molecule has 2 saturated heterocycles. The zero-order valence-corrected chi connectivity index (χ0v) is 22.9.